The number of nitrogens with zero attached hydrogens (tertiary/aromatic N) is 4. The molecule has 2 saturated carbocycles. The lowest BCUT2D eigenvalue weighted by molar-refractivity contribution is -0.0974. The Balaban J connectivity index is 1.45. The lowest BCUT2D eigenvalue weighted by Gasteiger charge is -2.62. The molecule has 9 nitrogen and oxygen atoms in total. The van der Waals surface area contributed by atoms with Crippen LogP contribution < -0.4 is 9.46 Å². The van der Waals surface area contributed by atoms with E-state index in [-0.39, 0.29) is 40.9 Å². The van der Waals surface area contributed by atoms with Crippen LogP contribution in [0, 0.1) is 32.1 Å². The predicted octanol–water partition coefficient (Wildman–Crippen LogP) is 5.99. The SMILES string of the molecule is Cc1cccc(C)c1-c1nc2nc(c1C)OC[C@@H](CC(C)C)N(C1CC3(CC(N(C)C)C3)C1)C(=O)c1cccc(c1)S(=O)(=O)N2. The number of anilines is 1. The molecule has 0 saturated heterocycles. The molecule has 3 aromatic rings. The number of benzene rings is 2. The molecule has 1 aromatic heterocycles. The number of amides is 1. The monoisotopic (exact) mass is 631 g/mol. The van der Waals surface area contributed by atoms with Gasteiger partial charge < -0.3 is 14.5 Å². The first-order valence-corrected chi connectivity index (χ1v) is 17.5. The average molecular weight is 632 g/mol. The van der Waals surface area contributed by atoms with Gasteiger partial charge in [-0.3, -0.25) is 4.79 Å². The van der Waals surface area contributed by atoms with E-state index in [9.17, 15) is 13.2 Å². The van der Waals surface area contributed by atoms with Crippen LogP contribution in [0.15, 0.2) is 47.4 Å². The first-order valence-electron chi connectivity index (χ1n) is 16.0. The van der Waals surface area contributed by atoms with Crippen molar-refractivity contribution in [1.29, 1.82) is 0 Å². The van der Waals surface area contributed by atoms with Gasteiger partial charge in [0, 0.05) is 28.8 Å². The fourth-order valence-corrected chi connectivity index (χ4v) is 8.61. The summed E-state index contributed by atoms with van der Waals surface area (Å²) in [6.45, 7) is 10.5. The highest BCUT2D eigenvalue weighted by atomic mass is 32.2. The van der Waals surface area contributed by atoms with Gasteiger partial charge in [0.2, 0.25) is 11.8 Å². The maximum atomic E-state index is 14.4. The van der Waals surface area contributed by atoms with Gasteiger partial charge in [-0.05, 0) is 108 Å². The number of aromatic nitrogens is 2. The number of hydrogen-bond donors (Lipinski definition) is 1. The van der Waals surface area contributed by atoms with Crippen LogP contribution in [0.1, 0.15) is 73.0 Å². The number of hydrogen-bond acceptors (Lipinski definition) is 7. The summed E-state index contributed by atoms with van der Waals surface area (Å²) >= 11 is 0. The standard InChI is InChI=1S/C35H45N5O4S/c1-21(2)14-26-20-44-32-24(5)31(30-22(3)10-8-11-23(30)4)36-34(37-32)38-45(42,43)29-13-9-12-25(15-29)33(41)40(26)28-18-35(19-28)16-27(17-35)39(6)7/h8-13,15,21,26-28H,14,16-20H2,1-7H3,(H,36,37,38)/t26-,27?,28?,35?/m1/s1. The Hall–Kier alpha value is -3.50. The molecule has 4 bridgehead atoms. The number of carbonyl (C=O) groups excluding carboxylic acids is 1. The Kier molecular flexibility index (Phi) is 8.18. The minimum Gasteiger partial charge on any atom is -0.475 e. The van der Waals surface area contributed by atoms with Crippen LogP contribution in [0.4, 0.5) is 5.95 Å². The Morgan fingerprint density at radius 2 is 1.69 bits per heavy atom. The number of ether oxygens (including phenoxy) is 1. The minimum absolute atomic E-state index is 0.00822. The van der Waals surface area contributed by atoms with Crippen molar-refractivity contribution >= 4 is 21.9 Å². The molecular formula is C35H45N5O4S. The minimum atomic E-state index is -4.11. The zero-order valence-corrected chi connectivity index (χ0v) is 28.2. The molecule has 1 spiro atoms. The largest absolute Gasteiger partial charge is 0.475 e. The van der Waals surface area contributed by atoms with E-state index in [1.54, 1.807) is 12.1 Å². The Morgan fingerprint density at radius 3 is 2.33 bits per heavy atom. The normalized spacial score (nSPS) is 25.8. The van der Waals surface area contributed by atoms with Gasteiger partial charge in [-0.15, -0.1) is 0 Å². The topological polar surface area (TPSA) is 105 Å². The molecule has 45 heavy (non-hydrogen) atoms. The number of sulfonamides is 1. The highest BCUT2D eigenvalue weighted by Gasteiger charge is 2.56. The number of fused-ring (bicyclic) bond motifs is 4. The molecule has 2 heterocycles. The van der Waals surface area contributed by atoms with Gasteiger partial charge in [0.05, 0.1) is 16.6 Å². The maximum Gasteiger partial charge on any atom is 0.264 e. The molecule has 1 N–H and O–H groups in total. The molecule has 2 aliphatic carbocycles. The van der Waals surface area contributed by atoms with E-state index < -0.39 is 10.0 Å². The molecule has 1 amide bonds. The van der Waals surface area contributed by atoms with Crippen molar-refractivity contribution in [2.45, 2.75) is 89.7 Å². The van der Waals surface area contributed by atoms with Crippen LogP contribution >= 0.6 is 0 Å². The molecular weight excluding hydrogens is 586 g/mol. The third-order valence-corrected chi connectivity index (χ3v) is 11.3. The molecule has 240 valence electrons. The van der Waals surface area contributed by atoms with Gasteiger partial charge in [-0.2, -0.15) is 4.98 Å². The summed E-state index contributed by atoms with van der Waals surface area (Å²) < 4.78 is 36.5. The molecule has 0 radical (unpaired) electrons. The average Bonchev–Trinajstić information content (AvgIpc) is 2.92. The zero-order chi connectivity index (χ0) is 32.3. The second-order valence-electron chi connectivity index (χ2n) is 14.1. The molecule has 0 unspecified atom stereocenters. The fourth-order valence-electron chi connectivity index (χ4n) is 7.62. The molecule has 3 aliphatic rings. The summed E-state index contributed by atoms with van der Waals surface area (Å²) in [4.78, 5) is 28.0. The van der Waals surface area contributed by atoms with Crippen molar-refractivity contribution in [3.63, 3.8) is 0 Å². The van der Waals surface area contributed by atoms with E-state index in [4.69, 9.17) is 9.72 Å². The smallest absolute Gasteiger partial charge is 0.264 e. The summed E-state index contributed by atoms with van der Waals surface area (Å²) in [6, 6.07) is 12.8. The first kappa shape index (κ1) is 31.5. The van der Waals surface area contributed by atoms with Crippen LogP contribution in [-0.2, 0) is 10.0 Å². The van der Waals surface area contributed by atoms with E-state index >= 15 is 0 Å². The number of nitrogens with one attached hydrogen (secondary N) is 1. The predicted molar refractivity (Wildman–Crippen MR) is 176 cm³/mol. The zero-order valence-electron chi connectivity index (χ0n) is 27.4. The summed E-state index contributed by atoms with van der Waals surface area (Å²) in [6.07, 6.45) is 4.93. The summed E-state index contributed by atoms with van der Waals surface area (Å²) in [5.41, 5.74) is 4.92. The number of rotatable bonds is 5. The summed E-state index contributed by atoms with van der Waals surface area (Å²) in [7, 11) is 0.157. The van der Waals surface area contributed by atoms with Crippen molar-refractivity contribution in [1.82, 2.24) is 19.8 Å². The van der Waals surface area contributed by atoms with Crippen LogP contribution in [0.5, 0.6) is 5.88 Å². The molecule has 6 rings (SSSR count). The lowest BCUT2D eigenvalue weighted by Crippen LogP contribution is -2.63. The Morgan fingerprint density at radius 1 is 1.02 bits per heavy atom. The number of carbonyl (C=O) groups is 1. The van der Waals surface area contributed by atoms with Gasteiger partial charge in [0.25, 0.3) is 15.9 Å². The third-order valence-electron chi connectivity index (χ3n) is 10.0. The van der Waals surface area contributed by atoms with Gasteiger partial charge in [-0.25, -0.2) is 18.1 Å². The van der Waals surface area contributed by atoms with Crippen molar-refractivity contribution in [3.8, 4) is 17.1 Å². The van der Waals surface area contributed by atoms with Crippen molar-refractivity contribution < 1.29 is 17.9 Å². The highest BCUT2D eigenvalue weighted by Crippen LogP contribution is 2.58. The van der Waals surface area contributed by atoms with E-state index in [0.29, 0.717) is 29.1 Å². The molecule has 2 aromatic carbocycles. The van der Waals surface area contributed by atoms with Gasteiger partial charge in [-0.1, -0.05) is 38.1 Å². The van der Waals surface area contributed by atoms with Gasteiger partial charge in [0.1, 0.15) is 6.61 Å². The van der Waals surface area contributed by atoms with E-state index in [0.717, 1.165) is 54.4 Å². The van der Waals surface area contributed by atoms with Crippen LogP contribution in [0.3, 0.4) is 0 Å². The second-order valence-corrected chi connectivity index (χ2v) is 15.8. The summed E-state index contributed by atoms with van der Waals surface area (Å²) in [5.74, 6) is 0.393. The highest BCUT2D eigenvalue weighted by molar-refractivity contribution is 7.92. The summed E-state index contributed by atoms with van der Waals surface area (Å²) in [5, 5.41) is 0. The third kappa shape index (κ3) is 5.94. The van der Waals surface area contributed by atoms with Gasteiger partial charge >= 0.3 is 0 Å². The Bertz CT molecular complexity index is 1700. The molecule has 1 aliphatic heterocycles. The van der Waals surface area contributed by atoms with Crippen LogP contribution in [0.2, 0.25) is 0 Å². The first-order chi connectivity index (χ1) is 21.3. The van der Waals surface area contributed by atoms with E-state index in [1.165, 1.54) is 12.1 Å². The van der Waals surface area contributed by atoms with E-state index in [1.807, 2.05) is 43.9 Å². The van der Waals surface area contributed by atoms with Crippen molar-refractivity contribution in [2.75, 3.05) is 25.4 Å². The maximum absolute atomic E-state index is 14.4. The molecule has 10 heteroatoms. The lowest BCUT2D eigenvalue weighted by atomic mass is 9.51. The second kappa shape index (κ2) is 11.7. The molecule has 1 atom stereocenters. The number of aryl methyl sites for hydroxylation is 2. The fraction of sp³-hybridized carbons (Fsp3) is 0.514. The van der Waals surface area contributed by atoms with Crippen LogP contribution in [0.25, 0.3) is 11.3 Å². The van der Waals surface area contributed by atoms with Gasteiger partial charge in [0.15, 0.2) is 0 Å². The quantitative estimate of drug-likeness (QED) is 0.369. The Labute approximate surface area is 267 Å². The van der Waals surface area contributed by atoms with Crippen molar-refractivity contribution in [3.05, 3.63) is 64.7 Å². The van der Waals surface area contributed by atoms with E-state index in [2.05, 4.69) is 42.5 Å². The van der Waals surface area contributed by atoms with Crippen LogP contribution in [-0.4, -0.2) is 72.9 Å². The molecule has 2 fully saturated rings. The van der Waals surface area contributed by atoms with Crippen molar-refractivity contribution in [2.24, 2.45) is 11.3 Å².